The molecule has 46 heavy (non-hydrogen) atoms. The second kappa shape index (κ2) is 14.4. The molecule has 2 aliphatic rings. The fourth-order valence-electron chi connectivity index (χ4n) is 6.30. The largest absolute Gasteiger partial charge is 0.393 e. The van der Waals surface area contributed by atoms with Gasteiger partial charge in [0.2, 0.25) is 5.95 Å². The average molecular weight is 621 g/mol. The summed E-state index contributed by atoms with van der Waals surface area (Å²) in [4.78, 5) is 31.5. The molecule has 12 heteroatoms. The van der Waals surface area contributed by atoms with Gasteiger partial charge < -0.3 is 20.6 Å². The Morgan fingerprint density at radius 3 is 2.54 bits per heavy atom. The standard InChI is InChI=1S/C34H40N10O2/c1-42-23-27(22-39-42)25-9-14-31(36-20-25)44(34(46)38-19-24-6-3-2-4-7-24)29-12-10-28(11-13-29)40-33-37-21-26(18-35)32(41-33)43-16-5-8-30(45)15-17-43/h2-4,6-7,9,14,20-23,28-30,45H,5,8,10-13,15-17,19H2,1H3,(H,38,46)(H,37,40,41). The molecule has 3 N–H and O–H groups in total. The zero-order valence-corrected chi connectivity index (χ0v) is 26.1. The number of hydrogen-bond donors (Lipinski definition) is 3. The van der Waals surface area contributed by atoms with Crippen molar-refractivity contribution in [3.05, 3.63) is 78.4 Å². The summed E-state index contributed by atoms with van der Waals surface area (Å²) >= 11 is 0. The number of nitriles is 1. The first kappa shape index (κ1) is 31.0. The molecule has 12 nitrogen and oxygen atoms in total. The van der Waals surface area contributed by atoms with E-state index in [4.69, 9.17) is 9.97 Å². The third-order valence-corrected chi connectivity index (χ3v) is 8.82. The molecule has 2 fully saturated rings. The highest BCUT2D eigenvalue weighted by Crippen LogP contribution is 2.30. The lowest BCUT2D eigenvalue weighted by Crippen LogP contribution is -2.49. The van der Waals surface area contributed by atoms with E-state index in [0.29, 0.717) is 42.7 Å². The van der Waals surface area contributed by atoms with E-state index in [2.05, 4.69) is 31.7 Å². The Kier molecular flexibility index (Phi) is 9.69. The molecule has 3 aromatic heterocycles. The van der Waals surface area contributed by atoms with Gasteiger partial charge >= 0.3 is 6.03 Å². The molecule has 1 unspecified atom stereocenters. The van der Waals surface area contributed by atoms with Crippen LogP contribution in [0.5, 0.6) is 0 Å². The number of carbonyl (C=O) groups is 1. The molecule has 6 rings (SSSR count). The molecule has 4 aromatic rings. The topological polar surface area (TPSA) is 148 Å². The molecular formula is C34H40N10O2. The Morgan fingerprint density at radius 1 is 1.00 bits per heavy atom. The molecule has 0 radical (unpaired) electrons. The number of aryl methyl sites for hydroxylation is 1. The third-order valence-electron chi connectivity index (χ3n) is 8.82. The van der Waals surface area contributed by atoms with E-state index in [1.807, 2.05) is 55.7 Å². The predicted molar refractivity (Wildman–Crippen MR) is 176 cm³/mol. The minimum Gasteiger partial charge on any atom is -0.393 e. The van der Waals surface area contributed by atoms with Crippen LogP contribution in [0.1, 0.15) is 56.1 Å². The number of nitrogens with one attached hydrogen (secondary N) is 2. The number of rotatable bonds is 8. The van der Waals surface area contributed by atoms with Crippen LogP contribution < -0.4 is 20.4 Å². The van der Waals surface area contributed by atoms with E-state index >= 15 is 0 Å². The van der Waals surface area contributed by atoms with Crippen LogP contribution >= 0.6 is 0 Å². The zero-order valence-electron chi connectivity index (χ0n) is 26.1. The van der Waals surface area contributed by atoms with E-state index in [-0.39, 0.29) is 24.2 Å². The van der Waals surface area contributed by atoms with Crippen LogP contribution in [-0.4, -0.2) is 67.1 Å². The van der Waals surface area contributed by atoms with Gasteiger partial charge in [0.25, 0.3) is 0 Å². The number of anilines is 3. The molecule has 1 saturated carbocycles. The van der Waals surface area contributed by atoms with Crippen molar-refractivity contribution in [2.24, 2.45) is 7.05 Å². The molecule has 1 aliphatic heterocycles. The Bertz CT molecular complexity index is 1640. The Balaban J connectivity index is 1.14. The third kappa shape index (κ3) is 7.43. The van der Waals surface area contributed by atoms with Gasteiger partial charge in [0.1, 0.15) is 17.5 Å². The van der Waals surface area contributed by atoms with Gasteiger partial charge in [-0.1, -0.05) is 30.3 Å². The van der Waals surface area contributed by atoms with E-state index in [1.165, 1.54) is 0 Å². The quantitative estimate of drug-likeness (QED) is 0.256. The van der Waals surface area contributed by atoms with Crippen LogP contribution in [0, 0.1) is 11.3 Å². The maximum absolute atomic E-state index is 13.7. The molecule has 1 aromatic carbocycles. The highest BCUT2D eigenvalue weighted by atomic mass is 16.3. The fourth-order valence-corrected chi connectivity index (χ4v) is 6.30. The van der Waals surface area contributed by atoms with Gasteiger partial charge in [0.15, 0.2) is 5.82 Å². The maximum Gasteiger partial charge on any atom is 0.323 e. The van der Waals surface area contributed by atoms with Crippen molar-refractivity contribution in [2.45, 2.75) is 69.7 Å². The molecule has 4 heterocycles. The van der Waals surface area contributed by atoms with Crippen LogP contribution in [0.4, 0.5) is 22.4 Å². The Morgan fingerprint density at radius 2 is 1.83 bits per heavy atom. The SMILES string of the molecule is Cn1cc(-c2ccc(N(C(=O)NCc3ccccc3)C3CCC(Nc4ncc(C#N)c(N5CCCC(O)CC5)n4)CC3)nc2)cn1. The first-order chi connectivity index (χ1) is 22.5. The summed E-state index contributed by atoms with van der Waals surface area (Å²) in [6.07, 6.45) is 12.2. The summed E-state index contributed by atoms with van der Waals surface area (Å²) in [5.41, 5.74) is 3.37. The highest BCUT2D eigenvalue weighted by Gasteiger charge is 2.31. The van der Waals surface area contributed by atoms with E-state index in [0.717, 1.165) is 61.8 Å². The highest BCUT2D eigenvalue weighted by molar-refractivity contribution is 5.91. The minimum atomic E-state index is -0.320. The van der Waals surface area contributed by atoms with Crippen LogP contribution in [0.15, 0.2) is 67.3 Å². The number of aliphatic hydroxyl groups excluding tert-OH is 1. The molecular weight excluding hydrogens is 580 g/mol. The molecule has 1 atom stereocenters. The maximum atomic E-state index is 13.7. The summed E-state index contributed by atoms with van der Waals surface area (Å²) < 4.78 is 1.75. The summed E-state index contributed by atoms with van der Waals surface area (Å²) in [6, 6.07) is 15.9. The summed E-state index contributed by atoms with van der Waals surface area (Å²) in [5, 5.41) is 30.6. The van der Waals surface area contributed by atoms with Gasteiger partial charge in [0.05, 0.1) is 18.5 Å². The fraction of sp³-hybridized carbons (Fsp3) is 0.412. The molecule has 1 aliphatic carbocycles. The molecule has 1 saturated heterocycles. The smallest absolute Gasteiger partial charge is 0.323 e. The van der Waals surface area contributed by atoms with Crippen LogP contribution in [0.2, 0.25) is 0 Å². The Hall–Kier alpha value is -5.02. The number of nitrogens with zero attached hydrogens (tertiary/aromatic N) is 8. The first-order valence-corrected chi connectivity index (χ1v) is 16.0. The summed E-state index contributed by atoms with van der Waals surface area (Å²) in [6.45, 7) is 1.82. The van der Waals surface area contributed by atoms with Crippen molar-refractivity contribution >= 4 is 23.6 Å². The number of pyridine rings is 1. The van der Waals surface area contributed by atoms with Gasteiger partial charge in [-0.05, 0) is 62.6 Å². The zero-order chi connectivity index (χ0) is 31.9. The second-order valence-corrected chi connectivity index (χ2v) is 12.1. The van der Waals surface area contributed by atoms with Gasteiger partial charge in [0, 0.05) is 62.3 Å². The normalized spacial score (nSPS) is 19.9. The van der Waals surface area contributed by atoms with E-state index in [9.17, 15) is 15.2 Å². The summed E-state index contributed by atoms with van der Waals surface area (Å²) in [5.74, 6) is 1.72. The van der Waals surface area contributed by atoms with Gasteiger partial charge in [-0.2, -0.15) is 15.3 Å². The van der Waals surface area contributed by atoms with Gasteiger partial charge in [-0.15, -0.1) is 0 Å². The average Bonchev–Trinajstić information content (AvgIpc) is 3.41. The minimum absolute atomic E-state index is 0.0356. The van der Waals surface area contributed by atoms with Gasteiger partial charge in [-0.3, -0.25) is 9.58 Å². The number of amides is 2. The number of aromatic nitrogens is 5. The monoisotopic (exact) mass is 620 g/mol. The predicted octanol–water partition coefficient (Wildman–Crippen LogP) is 4.63. The van der Waals surface area contributed by atoms with Crippen molar-refractivity contribution in [3.8, 4) is 17.2 Å². The van der Waals surface area contributed by atoms with Crippen molar-refractivity contribution in [3.63, 3.8) is 0 Å². The molecule has 238 valence electrons. The molecule has 0 bridgehead atoms. The Labute approximate surface area is 269 Å². The number of hydrogen-bond acceptors (Lipinski definition) is 9. The first-order valence-electron chi connectivity index (χ1n) is 16.0. The van der Waals surface area contributed by atoms with Crippen LogP contribution in [0.3, 0.4) is 0 Å². The van der Waals surface area contributed by atoms with Gasteiger partial charge in [-0.25, -0.2) is 14.8 Å². The lowest BCUT2D eigenvalue weighted by molar-refractivity contribution is 0.161. The number of benzene rings is 1. The number of urea groups is 1. The van der Waals surface area contributed by atoms with Crippen molar-refractivity contribution < 1.29 is 9.90 Å². The van der Waals surface area contributed by atoms with Crippen molar-refractivity contribution in [2.75, 3.05) is 28.2 Å². The van der Waals surface area contributed by atoms with Crippen molar-refractivity contribution in [1.29, 1.82) is 5.26 Å². The second-order valence-electron chi connectivity index (χ2n) is 12.1. The number of carbonyl (C=O) groups excluding carboxylic acids is 1. The molecule has 0 spiro atoms. The van der Waals surface area contributed by atoms with Crippen LogP contribution in [0.25, 0.3) is 11.1 Å². The van der Waals surface area contributed by atoms with Crippen molar-refractivity contribution in [1.82, 2.24) is 30.0 Å². The summed E-state index contributed by atoms with van der Waals surface area (Å²) in [7, 11) is 1.88. The number of aliphatic hydroxyl groups is 1. The molecule has 2 amide bonds. The van der Waals surface area contributed by atoms with E-state index in [1.54, 1.807) is 28.2 Å². The van der Waals surface area contributed by atoms with E-state index < -0.39 is 0 Å². The van der Waals surface area contributed by atoms with Crippen LogP contribution in [-0.2, 0) is 13.6 Å². The lowest BCUT2D eigenvalue weighted by Gasteiger charge is -2.36. The lowest BCUT2D eigenvalue weighted by atomic mass is 9.90.